The summed E-state index contributed by atoms with van der Waals surface area (Å²) in [7, 11) is 1.16. The third-order valence-electron chi connectivity index (χ3n) is 3.52. The van der Waals surface area contributed by atoms with Gasteiger partial charge in [0.25, 0.3) is 0 Å². The zero-order valence-electron chi connectivity index (χ0n) is 11.0. The zero-order chi connectivity index (χ0) is 14.0. The standard InChI is InChI=1S/C14H17F2NO2/c1-8-3-4-9(5-8)17-13-6-10(14(18)19-2)11(15)7-12(13)16/h6-9,17H,3-5H2,1-2H3. The van der Waals surface area contributed by atoms with Gasteiger partial charge in [-0.05, 0) is 31.2 Å². The van der Waals surface area contributed by atoms with E-state index < -0.39 is 17.6 Å². The van der Waals surface area contributed by atoms with Crippen LogP contribution in [0.15, 0.2) is 12.1 Å². The Morgan fingerprint density at radius 2 is 2.05 bits per heavy atom. The number of anilines is 1. The fraction of sp³-hybridized carbons (Fsp3) is 0.500. The molecule has 5 heteroatoms. The molecule has 1 fully saturated rings. The van der Waals surface area contributed by atoms with Gasteiger partial charge in [0.2, 0.25) is 0 Å². The first-order valence-corrected chi connectivity index (χ1v) is 6.35. The van der Waals surface area contributed by atoms with E-state index >= 15 is 0 Å². The number of ether oxygens (including phenoxy) is 1. The van der Waals surface area contributed by atoms with E-state index in [9.17, 15) is 13.6 Å². The van der Waals surface area contributed by atoms with Crippen LogP contribution in [0.5, 0.6) is 0 Å². The minimum absolute atomic E-state index is 0.154. The van der Waals surface area contributed by atoms with Gasteiger partial charge in [-0.3, -0.25) is 0 Å². The normalized spacial score (nSPS) is 22.3. The smallest absolute Gasteiger partial charge is 0.340 e. The summed E-state index contributed by atoms with van der Waals surface area (Å²) < 4.78 is 31.6. The quantitative estimate of drug-likeness (QED) is 0.855. The molecule has 0 aromatic heterocycles. The second-order valence-electron chi connectivity index (χ2n) is 5.06. The number of carbonyl (C=O) groups is 1. The highest BCUT2D eigenvalue weighted by molar-refractivity contribution is 5.90. The summed E-state index contributed by atoms with van der Waals surface area (Å²) in [6.45, 7) is 2.14. The first-order valence-electron chi connectivity index (χ1n) is 6.35. The van der Waals surface area contributed by atoms with Gasteiger partial charge in [0.05, 0.1) is 18.4 Å². The zero-order valence-corrected chi connectivity index (χ0v) is 11.0. The fourth-order valence-electron chi connectivity index (χ4n) is 2.48. The lowest BCUT2D eigenvalue weighted by atomic mass is 10.1. The summed E-state index contributed by atoms with van der Waals surface area (Å²) in [6, 6.07) is 2.06. The summed E-state index contributed by atoms with van der Waals surface area (Å²) in [5.41, 5.74) is -0.0988. The molecule has 0 radical (unpaired) electrons. The van der Waals surface area contributed by atoms with Crippen molar-refractivity contribution < 1.29 is 18.3 Å². The minimum Gasteiger partial charge on any atom is -0.465 e. The molecule has 19 heavy (non-hydrogen) atoms. The van der Waals surface area contributed by atoms with Crippen molar-refractivity contribution in [2.24, 2.45) is 5.92 Å². The van der Waals surface area contributed by atoms with Gasteiger partial charge in [-0.25, -0.2) is 13.6 Å². The third kappa shape index (κ3) is 3.03. The molecule has 0 saturated heterocycles. The first-order chi connectivity index (χ1) is 9.01. The molecule has 1 aromatic rings. The molecule has 2 rings (SSSR count). The van der Waals surface area contributed by atoms with E-state index in [1.165, 1.54) is 6.07 Å². The van der Waals surface area contributed by atoms with Gasteiger partial charge in [-0.2, -0.15) is 0 Å². The molecular formula is C14H17F2NO2. The van der Waals surface area contributed by atoms with E-state index in [0.717, 1.165) is 26.4 Å². The van der Waals surface area contributed by atoms with Crippen LogP contribution < -0.4 is 5.32 Å². The van der Waals surface area contributed by atoms with Crippen LogP contribution in [0.2, 0.25) is 0 Å². The molecule has 0 amide bonds. The highest BCUT2D eigenvalue weighted by Crippen LogP contribution is 2.29. The lowest BCUT2D eigenvalue weighted by Gasteiger charge is -2.15. The summed E-state index contributed by atoms with van der Waals surface area (Å²) in [6.07, 6.45) is 2.99. The van der Waals surface area contributed by atoms with Crippen molar-refractivity contribution in [1.82, 2.24) is 0 Å². The van der Waals surface area contributed by atoms with Gasteiger partial charge >= 0.3 is 5.97 Å². The number of rotatable bonds is 3. The Labute approximate surface area is 111 Å². The topological polar surface area (TPSA) is 38.3 Å². The molecule has 1 aromatic carbocycles. The maximum Gasteiger partial charge on any atom is 0.340 e. The van der Waals surface area contributed by atoms with Gasteiger partial charge in [0, 0.05) is 12.1 Å². The summed E-state index contributed by atoms with van der Waals surface area (Å²) in [5.74, 6) is -1.80. The van der Waals surface area contributed by atoms with Gasteiger partial charge in [-0.1, -0.05) is 6.92 Å². The lowest BCUT2D eigenvalue weighted by Crippen LogP contribution is -2.17. The Morgan fingerprint density at radius 1 is 1.32 bits per heavy atom. The second kappa shape index (κ2) is 5.55. The Hall–Kier alpha value is -1.65. The molecule has 1 aliphatic carbocycles. The number of benzene rings is 1. The highest BCUT2D eigenvalue weighted by atomic mass is 19.1. The van der Waals surface area contributed by atoms with E-state index in [1.807, 2.05) is 0 Å². The fourth-order valence-corrected chi connectivity index (χ4v) is 2.48. The molecular weight excluding hydrogens is 252 g/mol. The van der Waals surface area contributed by atoms with Crippen LogP contribution in [0.25, 0.3) is 0 Å². The van der Waals surface area contributed by atoms with Crippen molar-refractivity contribution in [3.8, 4) is 0 Å². The molecule has 1 aliphatic rings. The van der Waals surface area contributed by atoms with Gasteiger partial charge < -0.3 is 10.1 Å². The Balaban J connectivity index is 2.22. The van der Waals surface area contributed by atoms with Crippen LogP contribution in [0.1, 0.15) is 36.5 Å². The molecule has 0 bridgehead atoms. The van der Waals surface area contributed by atoms with E-state index in [-0.39, 0.29) is 17.3 Å². The Bertz CT molecular complexity index is 491. The lowest BCUT2D eigenvalue weighted by molar-refractivity contribution is 0.0595. The van der Waals surface area contributed by atoms with Crippen molar-refractivity contribution in [3.05, 3.63) is 29.3 Å². The summed E-state index contributed by atoms with van der Waals surface area (Å²) in [4.78, 5) is 11.4. The molecule has 1 saturated carbocycles. The molecule has 0 aliphatic heterocycles. The number of hydrogen-bond donors (Lipinski definition) is 1. The van der Waals surface area contributed by atoms with Crippen LogP contribution in [-0.4, -0.2) is 19.1 Å². The van der Waals surface area contributed by atoms with Crippen LogP contribution in [0, 0.1) is 17.6 Å². The molecule has 2 atom stereocenters. The first kappa shape index (κ1) is 13.8. The van der Waals surface area contributed by atoms with Crippen molar-refractivity contribution in [3.63, 3.8) is 0 Å². The molecule has 0 spiro atoms. The van der Waals surface area contributed by atoms with E-state index in [4.69, 9.17) is 0 Å². The van der Waals surface area contributed by atoms with Crippen LogP contribution >= 0.6 is 0 Å². The van der Waals surface area contributed by atoms with Crippen LogP contribution in [-0.2, 0) is 4.74 Å². The average Bonchev–Trinajstić information content (AvgIpc) is 2.77. The predicted octanol–water partition coefficient (Wildman–Crippen LogP) is 3.35. The third-order valence-corrected chi connectivity index (χ3v) is 3.52. The van der Waals surface area contributed by atoms with Gasteiger partial charge in [0.1, 0.15) is 11.6 Å². The highest BCUT2D eigenvalue weighted by Gasteiger charge is 2.23. The number of carbonyl (C=O) groups excluding carboxylic acids is 1. The number of methoxy groups -OCH3 is 1. The molecule has 0 heterocycles. The summed E-state index contributed by atoms with van der Waals surface area (Å²) >= 11 is 0. The van der Waals surface area contributed by atoms with Gasteiger partial charge in [-0.15, -0.1) is 0 Å². The number of esters is 1. The predicted molar refractivity (Wildman–Crippen MR) is 68.1 cm³/mol. The molecule has 104 valence electrons. The number of nitrogens with one attached hydrogen (secondary N) is 1. The largest absolute Gasteiger partial charge is 0.465 e. The molecule has 1 N–H and O–H groups in total. The van der Waals surface area contributed by atoms with E-state index in [2.05, 4.69) is 17.0 Å². The number of hydrogen-bond acceptors (Lipinski definition) is 3. The maximum atomic E-state index is 13.7. The maximum absolute atomic E-state index is 13.7. The van der Waals surface area contributed by atoms with Crippen molar-refractivity contribution >= 4 is 11.7 Å². The van der Waals surface area contributed by atoms with Crippen LogP contribution in [0.3, 0.4) is 0 Å². The molecule has 2 unspecified atom stereocenters. The van der Waals surface area contributed by atoms with Crippen LogP contribution in [0.4, 0.5) is 14.5 Å². The van der Waals surface area contributed by atoms with E-state index in [0.29, 0.717) is 12.0 Å². The van der Waals surface area contributed by atoms with Crippen molar-refractivity contribution in [2.75, 3.05) is 12.4 Å². The molecule has 3 nitrogen and oxygen atoms in total. The van der Waals surface area contributed by atoms with E-state index in [1.54, 1.807) is 0 Å². The Morgan fingerprint density at radius 3 is 2.63 bits per heavy atom. The van der Waals surface area contributed by atoms with Crippen molar-refractivity contribution in [1.29, 1.82) is 0 Å². The SMILES string of the molecule is COC(=O)c1cc(NC2CCC(C)C2)c(F)cc1F. The minimum atomic E-state index is -0.908. The monoisotopic (exact) mass is 269 g/mol. The average molecular weight is 269 g/mol. The summed E-state index contributed by atoms with van der Waals surface area (Å²) in [5, 5.41) is 3.04. The van der Waals surface area contributed by atoms with Gasteiger partial charge in [0.15, 0.2) is 0 Å². The second-order valence-corrected chi connectivity index (χ2v) is 5.06. The number of halogens is 2. The van der Waals surface area contributed by atoms with Crippen molar-refractivity contribution in [2.45, 2.75) is 32.2 Å². The Kier molecular flexibility index (Phi) is 4.02.